The molecule has 0 aliphatic carbocycles. The molecule has 2 aromatic heterocycles. The molecule has 4 amide bonds. The summed E-state index contributed by atoms with van der Waals surface area (Å²) in [5, 5.41) is 19.7. The Kier molecular flexibility index (Phi) is 15.2. The van der Waals surface area contributed by atoms with Gasteiger partial charge in [-0.15, -0.1) is 0 Å². The first-order chi connectivity index (χ1) is 35.2. The molecule has 0 saturated carbocycles. The van der Waals surface area contributed by atoms with Gasteiger partial charge in [0.15, 0.2) is 22.9 Å². The molecule has 73 heavy (non-hydrogen) atoms. The van der Waals surface area contributed by atoms with Gasteiger partial charge in [0.05, 0.1) is 12.1 Å². The van der Waals surface area contributed by atoms with Crippen molar-refractivity contribution in [2.75, 3.05) is 37.5 Å². The van der Waals surface area contributed by atoms with Gasteiger partial charge in [-0.2, -0.15) is 0 Å². The molecule has 2 aliphatic heterocycles. The monoisotopic (exact) mass is 982 g/mol. The van der Waals surface area contributed by atoms with Crippen molar-refractivity contribution in [3.05, 3.63) is 235 Å². The molecular weight excluding hydrogens is 925 g/mol. The maximum Gasteiger partial charge on any atom is 0.278 e. The van der Waals surface area contributed by atoms with E-state index in [9.17, 15) is 33.9 Å². The van der Waals surface area contributed by atoms with E-state index < -0.39 is 40.4 Å². The van der Waals surface area contributed by atoms with Gasteiger partial charge in [-0.05, 0) is 55.5 Å². The minimum Gasteiger partial charge on any atom is -0.502 e. The van der Waals surface area contributed by atoms with Gasteiger partial charge in [0, 0.05) is 38.3 Å². The number of ether oxygens (including phenoxy) is 1. The molecule has 0 unspecified atom stereocenters. The van der Waals surface area contributed by atoms with Crippen LogP contribution in [-0.2, 0) is 6.61 Å². The first kappa shape index (κ1) is 50.5. The summed E-state index contributed by atoms with van der Waals surface area (Å²) in [6, 6.07) is 49.7. The molecule has 2 aliphatic rings. The van der Waals surface area contributed by atoms with Crippen LogP contribution >= 0.6 is 0 Å². The molecule has 5 aromatic carbocycles. The number of carbonyl (C=O) groups is 4. The van der Waals surface area contributed by atoms with Crippen LogP contribution in [-0.4, -0.2) is 87.4 Å². The number of fused-ring (bicyclic) bond motifs is 2. The van der Waals surface area contributed by atoms with Gasteiger partial charge >= 0.3 is 0 Å². The van der Waals surface area contributed by atoms with Crippen LogP contribution in [0.5, 0.6) is 11.5 Å². The number of nitrogens with one attached hydrogen (secondary N) is 2. The Morgan fingerprint density at radius 3 is 1.23 bits per heavy atom. The molecule has 0 saturated heterocycles. The van der Waals surface area contributed by atoms with Crippen LogP contribution in [0.2, 0.25) is 0 Å². The maximum atomic E-state index is 14.1. The summed E-state index contributed by atoms with van der Waals surface area (Å²) in [5.74, 6) is -2.68. The molecule has 4 heterocycles. The second-order valence-corrected chi connectivity index (χ2v) is 18.1. The zero-order valence-corrected chi connectivity index (χ0v) is 41.5. The Morgan fingerprint density at radius 1 is 0.521 bits per heavy atom. The van der Waals surface area contributed by atoms with E-state index in [1.165, 1.54) is 24.8 Å². The van der Waals surface area contributed by atoms with Gasteiger partial charge in [-0.25, -0.2) is 9.35 Å². The van der Waals surface area contributed by atoms with Crippen molar-refractivity contribution in [2.24, 2.45) is 0 Å². The van der Waals surface area contributed by atoms with Crippen LogP contribution in [0.3, 0.4) is 0 Å². The van der Waals surface area contributed by atoms with E-state index in [-0.39, 0.29) is 72.5 Å². The van der Waals surface area contributed by atoms with Crippen molar-refractivity contribution in [1.82, 2.24) is 29.8 Å². The Hall–Kier alpha value is -8.92. The first-order valence-electron chi connectivity index (χ1n) is 24.0. The van der Waals surface area contributed by atoms with Gasteiger partial charge in [-0.3, -0.25) is 38.8 Å². The van der Waals surface area contributed by atoms with Gasteiger partial charge < -0.3 is 30.3 Å². The number of carbonyl (C=O) groups excluding carboxylic acids is 4. The van der Waals surface area contributed by atoms with Crippen molar-refractivity contribution < 1.29 is 29.0 Å². The lowest BCUT2D eigenvalue weighted by molar-refractivity contribution is 0.0606. The average Bonchev–Trinajstić information content (AvgIpc) is 3.41. The van der Waals surface area contributed by atoms with Crippen molar-refractivity contribution in [2.45, 2.75) is 58.5 Å². The minimum atomic E-state index is -0.783. The van der Waals surface area contributed by atoms with Gasteiger partial charge in [0.2, 0.25) is 10.9 Å². The lowest BCUT2D eigenvalue weighted by Crippen LogP contribution is -2.58. The molecule has 0 radical (unpaired) electrons. The molecule has 0 bridgehead atoms. The van der Waals surface area contributed by atoms with Crippen molar-refractivity contribution in [3.63, 3.8) is 0 Å². The molecule has 9 rings (SSSR count). The molecular formula is C57H58N8O8. The minimum absolute atomic E-state index is 0.0241. The van der Waals surface area contributed by atoms with E-state index in [0.717, 1.165) is 33.9 Å². The summed E-state index contributed by atoms with van der Waals surface area (Å²) in [6.45, 7) is 8.01. The quantitative estimate of drug-likeness (QED) is 0.111. The topological polar surface area (TPSA) is 179 Å². The lowest BCUT2D eigenvalue weighted by atomic mass is 9.97. The highest BCUT2D eigenvalue weighted by Gasteiger charge is 2.42. The van der Waals surface area contributed by atoms with Crippen molar-refractivity contribution >= 4 is 23.6 Å². The SMILES string of the molecule is CNC(=O)c1cc(=O)c(O)c2n1N(C(c1ccccc1)c1ccccc1)CN(C(C)C)C2=O.CNC(=O)c1cc(=O)c(OCc2ccccc2)c2n1N(C(c1ccccc1)c1ccccc1)CN(C(C)C)C2=O. The Balaban J connectivity index is 0.000000199. The summed E-state index contributed by atoms with van der Waals surface area (Å²) < 4.78 is 9.05. The molecule has 0 fully saturated rings. The highest BCUT2D eigenvalue weighted by atomic mass is 16.5. The molecule has 7 aromatic rings. The van der Waals surface area contributed by atoms with Gasteiger partial charge in [0.1, 0.15) is 31.3 Å². The predicted molar refractivity (Wildman–Crippen MR) is 279 cm³/mol. The second-order valence-electron chi connectivity index (χ2n) is 18.1. The highest BCUT2D eigenvalue weighted by Crippen LogP contribution is 2.36. The molecule has 374 valence electrons. The van der Waals surface area contributed by atoms with Crippen molar-refractivity contribution in [1.29, 1.82) is 0 Å². The van der Waals surface area contributed by atoms with Gasteiger partial charge in [-0.1, -0.05) is 152 Å². The number of pyridine rings is 2. The zero-order valence-electron chi connectivity index (χ0n) is 41.5. The highest BCUT2D eigenvalue weighted by molar-refractivity contribution is 6.01. The second kappa shape index (κ2) is 22.0. The lowest BCUT2D eigenvalue weighted by Gasteiger charge is -2.46. The van der Waals surface area contributed by atoms with Crippen LogP contribution < -0.4 is 36.2 Å². The summed E-state index contributed by atoms with van der Waals surface area (Å²) in [4.78, 5) is 82.8. The van der Waals surface area contributed by atoms with E-state index in [4.69, 9.17) is 4.74 Å². The zero-order chi connectivity index (χ0) is 51.9. The standard InChI is InChI=1S/C32H32N4O4.C25H26N4O4/c1-22(2)34-21-35(28(24-15-9-5-10-16-24)25-17-11-6-12-18-25)36-26(31(38)33-3)19-27(37)30(29(36)32(34)39)40-20-23-13-7-4-8-14-23;1-16(2)27-15-28(21(17-10-6-4-7-11-17)18-12-8-5-9-13-18)29-19(24(32)26-3)14-20(30)23(31)22(29)25(27)33/h4-19,22,28H,20-21H2,1-3H3,(H,33,38);4-14,16,21,31H,15H2,1-3H3,(H,26,32). The number of rotatable bonds is 13. The number of hydrogen-bond acceptors (Lipinski definition) is 10. The van der Waals surface area contributed by atoms with Crippen LogP contribution in [0, 0.1) is 0 Å². The fourth-order valence-electron chi connectivity index (χ4n) is 9.18. The van der Waals surface area contributed by atoms with Crippen LogP contribution in [0.15, 0.2) is 173 Å². The van der Waals surface area contributed by atoms with E-state index in [2.05, 4.69) is 10.6 Å². The number of amides is 4. The first-order valence-corrected chi connectivity index (χ1v) is 24.0. The molecule has 16 heteroatoms. The molecule has 16 nitrogen and oxygen atoms in total. The maximum absolute atomic E-state index is 14.1. The van der Waals surface area contributed by atoms with Crippen LogP contribution in [0.25, 0.3) is 0 Å². The number of benzene rings is 5. The van der Waals surface area contributed by atoms with Crippen LogP contribution in [0.1, 0.15) is 110 Å². The van der Waals surface area contributed by atoms with E-state index in [1.54, 1.807) is 14.5 Å². The Labute approximate surface area is 423 Å². The number of aromatic nitrogens is 2. The molecule has 0 atom stereocenters. The third-order valence-electron chi connectivity index (χ3n) is 12.8. The fourth-order valence-corrected chi connectivity index (χ4v) is 9.18. The summed E-state index contributed by atoms with van der Waals surface area (Å²) in [5.41, 5.74) is 3.15. The average molecular weight is 983 g/mol. The summed E-state index contributed by atoms with van der Waals surface area (Å²) >= 11 is 0. The number of hydrogen-bond donors (Lipinski definition) is 3. The smallest absolute Gasteiger partial charge is 0.278 e. The third kappa shape index (κ3) is 10.2. The normalized spacial score (nSPS) is 13.2. The Bertz CT molecular complexity index is 3140. The largest absolute Gasteiger partial charge is 0.502 e. The summed E-state index contributed by atoms with van der Waals surface area (Å²) in [7, 11) is 2.95. The number of nitrogens with zero attached hydrogens (tertiary/aromatic N) is 6. The van der Waals surface area contributed by atoms with E-state index >= 15 is 0 Å². The predicted octanol–water partition coefficient (Wildman–Crippen LogP) is 6.80. The van der Waals surface area contributed by atoms with E-state index in [1.807, 2.05) is 189 Å². The number of aromatic hydroxyl groups is 1. The molecule has 0 spiro atoms. The van der Waals surface area contributed by atoms with E-state index in [0.29, 0.717) is 0 Å². The molecule has 3 N–H and O–H groups in total. The van der Waals surface area contributed by atoms with Gasteiger partial charge in [0.25, 0.3) is 23.6 Å². The van der Waals surface area contributed by atoms with Crippen molar-refractivity contribution in [3.8, 4) is 11.5 Å². The fraction of sp³-hybridized carbons (Fsp3) is 0.228. The summed E-state index contributed by atoms with van der Waals surface area (Å²) in [6.07, 6.45) is 0. The third-order valence-corrected chi connectivity index (χ3v) is 12.8. The Morgan fingerprint density at radius 2 is 0.863 bits per heavy atom. The van der Waals surface area contributed by atoms with Crippen LogP contribution in [0.4, 0.5) is 0 Å².